The molecule has 1 rings (SSSR count). The Morgan fingerprint density at radius 2 is 1.23 bits per heavy atom. The molecule has 0 saturated carbocycles. The fourth-order valence-electron chi connectivity index (χ4n) is 1.42. The average molecular weight is 776 g/mol. The Labute approximate surface area is 215 Å². The van der Waals surface area contributed by atoms with E-state index in [1.807, 2.05) is 67.8 Å². The number of rotatable bonds is 3. The molecular formula is C12H13AsI3N2NaO7. The van der Waals surface area contributed by atoms with Gasteiger partial charge in [0.05, 0.1) is 27.6 Å². The number of carbonyl (C=O) groups excluding carboxylic acids is 2. The van der Waals surface area contributed by atoms with E-state index < -0.39 is 20.1 Å². The van der Waals surface area contributed by atoms with Gasteiger partial charge < -0.3 is 15.7 Å². The standard InChI is InChI=1S/C11H9I3N2O4.CH5AsO3.Na/c1-3(17)15-9-6(12)5(11(19)20)7(13)10(8(9)14)16-4(2)18;1-2(3,4)5;/h1-2H3,(H,15,17)(H,16,18)(H,19,20);1H3,(H2,3,4,5);/q;;+1/p-1. The normalized spacial score (nSPS) is 11.8. The van der Waals surface area contributed by atoms with Gasteiger partial charge in [-0.05, 0) is 67.8 Å². The Balaban J connectivity index is 0. The number of anilines is 2. The molecule has 0 saturated heterocycles. The third-order valence-electron chi connectivity index (χ3n) is 2.13. The SMILES string of the molecule is CC(=O)Nc1c(I)c(NC(C)=O)c(I)c(C(=O)O)c1I.C[As](=O)([O-])O.[Na+]. The van der Waals surface area contributed by atoms with Crippen molar-refractivity contribution in [1.82, 2.24) is 0 Å². The van der Waals surface area contributed by atoms with Crippen LogP contribution in [0, 0.1) is 10.7 Å². The maximum atomic E-state index is 11.4. The summed E-state index contributed by atoms with van der Waals surface area (Å²) >= 11 is 1.34. The fourth-order valence-corrected chi connectivity index (χ4v) is 5.59. The molecule has 0 heterocycles. The number of halogens is 3. The Morgan fingerprint density at radius 1 is 0.962 bits per heavy atom. The Bertz CT molecular complexity index is 718. The minimum absolute atomic E-state index is 0. The van der Waals surface area contributed by atoms with Crippen LogP contribution < -0.4 is 44.3 Å². The van der Waals surface area contributed by atoms with E-state index >= 15 is 0 Å². The second-order valence-electron chi connectivity index (χ2n) is 4.54. The molecule has 1 atom stereocenters. The molecule has 26 heavy (non-hydrogen) atoms. The summed E-state index contributed by atoms with van der Waals surface area (Å²) in [4.78, 5) is 33.9. The van der Waals surface area contributed by atoms with E-state index in [0.29, 0.717) is 22.1 Å². The van der Waals surface area contributed by atoms with Crippen LogP contribution in [0.25, 0.3) is 0 Å². The van der Waals surface area contributed by atoms with Crippen LogP contribution in [0.4, 0.5) is 11.4 Å². The molecule has 2 amide bonds. The molecule has 4 N–H and O–H groups in total. The van der Waals surface area contributed by atoms with Gasteiger partial charge in [0, 0.05) is 13.8 Å². The second kappa shape index (κ2) is 12.6. The first-order valence-corrected chi connectivity index (χ1v) is 13.6. The molecule has 1 aromatic carbocycles. The number of carbonyl (C=O) groups is 3. The number of benzene rings is 1. The van der Waals surface area contributed by atoms with Gasteiger partial charge in [0.25, 0.3) is 0 Å². The minimum Gasteiger partial charge on any atom is 1.00 e. The van der Waals surface area contributed by atoms with Crippen LogP contribution in [0.1, 0.15) is 24.2 Å². The maximum Gasteiger partial charge on any atom is 1.00 e. The zero-order valence-electron chi connectivity index (χ0n) is 14.0. The van der Waals surface area contributed by atoms with Crippen molar-refractivity contribution < 1.29 is 61.0 Å². The van der Waals surface area contributed by atoms with Gasteiger partial charge >= 0.3 is 67.3 Å². The number of carboxylic acids is 1. The van der Waals surface area contributed by atoms with E-state index in [9.17, 15) is 27.3 Å². The monoisotopic (exact) mass is 776 g/mol. The first kappa shape index (κ1) is 29.3. The number of hydrogen-bond donors (Lipinski definition) is 4. The first-order chi connectivity index (χ1) is 11.2. The van der Waals surface area contributed by atoms with Gasteiger partial charge in [-0.15, -0.1) is 0 Å². The second-order valence-corrected chi connectivity index (χ2v) is 11.1. The van der Waals surface area contributed by atoms with Gasteiger partial charge in [-0.1, -0.05) is 0 Å². The third-order valence-corrected chi connectivity index (χ3v) is 5.37. The van der Waals surface area contributed by atoms with Crippen molar-refractivity contribution >= 4 is 111 Å². The van der Waals surface area contributed by atoms with Crippen molar-refractivity contribution in [1.29, 1.82) is 0 Å². The van der Waals surface area contributed by atoms with Crippen molar-refractivity contribution in [2.75, 3.05) is 10.6 Å². The van der Waals surface area contributed by atoms with E-state index in [2.05, 4.69) is 10.6 Å². The van der Waals surface area contributed by atoms with E-state index in [-0.39, 0.29) is 46.9 Å². The Kier molecular flexibility index (Phi) is 14.2. The quantitative estimate of drug-likeness (QED) is 0.215. The number of amides is 2. The molecule has 9 nitrogen and oxygen atoms in total. The zero-order valence-corrected chi connectivity index (χ0v) is 24.4. The summed E-state index contributed by atoms with van der Waals surface area (Å²) in [7, 11) is 0. The van der Waals surface area contributed by atoms with Crippen molar-refractivity contribution in [2.45, 2.75) is 19.6 Å². The molecule has 1 unspecified atom stereocenters. The van der Waals surface area contributed by atoms with Crippen molar-refractivity contribution in [3.05, 3.63) is 16.3 Å². The van der Waals surface area contributed by atoms with Crippen LogP contribution in [0.3, 0.4) is 0 Å². The molecule has 0 aliphatic carbocycles. The summed E-state index contributed by atoms with van der Waals surface area (Å²) in [6, 6.07) is 0. The van der Waals surface area contributed by atoms with Crippen molar-refractivity contribution in [3.8, 4) is 0 Å². The molecule has 140 valence electrons. The van der Waals surface area contributed by atoms with Gasteiger partial charge in [-0.25, -0.2) is 4.79 Å². The van der Waals surface area contributed by atoms with Crippen molar-refractivity contribution in [3.63, 3.8) is 0 Å². The fraction of sp³-hybridized carbons (Fsp3) is 0.250. The smallest absolute Gasteiger partial charge is 1.00 e. The Hall–Kier alpha value is 1.10. The van der Waals surface area contributed by atoms with Crippen LogP contribution in [-0.4, -0.2) is 41.2 Å². The van der Waals surface area contributed by atoms with Crippen LogP contribution in [-0.2, 0) is 13.3 Å². The van der Waals surface area contributed by atoms with E-state index in [4.69, 9.17) is 4.10 Å². The summed E-state index contributed by atoms with van der Waals surface area (Å²) in [5.41, 5.74) is 1.64. The maximum absolute atomic E-state index is 11.4. The topological polar surface area (TPSA) is 156 Å². The molecule has 0 fully saturated rings. The van der Waals surface area contributed by atoms with Crippen molar-refractivity contribution in [2.24, 2.45) is 0 Å². The first-order valence-electron chi connectivity index (χ1n) is 6.17. The summed E-state index contributed by atoms with van der Waals surface area (Å²) in [5.74, 6) is -1.74. The number of hydrogen-bond acceptors (Lipinski definition) is 5. The largest absolute Gasteiger partial charge is 1.00 e. The van der Waals surface area contributed by atoms with E-state index in [0.717, 1.165) is 5.71 Å². The van der Waals surface area contributed by atoms with Crippen LogP contribution in [0.2, 0.25) is 5.71 Å². The number of nitrogens with one attached hydrogen (secondary N) is 2. The summed E-state index contributed by atoms with van der Waals surface area (Å²) in [6.45, 7) is 2.67. The van der Waals surface area contributed by atoms with E-state index in [1.165, 1.54) is 13.8 Å². The Morgan fingerprint density at radius 3 is 1.42 bits per heavy atom. The predicted octanol–water partition coefficient (Wildman–Crippen LogP) is -1.54. The summed E-state index contributed by atoms with van der Waals surface area (Å²) in [6.07, 6.45) is 0. The zero-order chi connectivity index (χ0) is 20.1. The van der Waals surface area contributed by atoms with Gasteiger partial charge in [0.15, 0.2) is 0 Å². The van der Waals surface area contributed by atoms with Crippen LogP contribution >= 0.6 is 67.8 Å². The average Bonchev–Trinajstić information content (AvgIpc) is 2.37. The molecule has 1 aromatic rings. The van der Waals surface area contributed by atoms with E-state index in [1.54, 1.807) is 0 Å². The third kappa shape index (κ3) is 10.6. The van der Waals surface area contributed by atoms with Gasteiger partial charge in [0.2, 0.25) is 11.8 Å². The summed E-state index contributed by atoms with van der Waals surface area (Å²) < 4.78 is 27.6. The van der Waals surface area contributed by atoms with Crippen LogP contribution in [0.5, 0.6) is 0 Å². The van der Waals surface area contributed by atoms with Gasteiger partial charge in [-0.3, -0.25) is 9.59 Å². The van der Waals surface area contributed by atoms with Gasteiger partial charge in [0.1, 0.15) is 0 Å². The predicted molar refractivity (Wildman–Crippen MR) is 115 cm³/mol. The minimum atomic E-state index is -4.38. The van der Waals surface area contributed by atoms with Gasteiger partial charge in [-0.2, -0.15) is 0 Å². The molecule has 0 spiro atoms. The summed E-state index contributed by atoms with van der Waals surface area (Å²) in [5, 5.41) is 14.5. The molecular weight excluding hydrogens is 763 g/mol. The molecule has 0 bridgehead atoms. The van der Waals surface area contributed by atoms with Crippen LogP contribution in [0.15, 0.2) is 0 Å². The molecule has 0 aliphatic heterocycles. The number of aromatic carboxylic acids is 1. The molecule has 0 aromatic heterocycles. The number of carboxylic acid groups (broad SMARTS) is 1. The molecule has 14 heteroatoms. The molecule has 0 aliphatic rings. The molecule has 0 radical (unpaired) electrons.